The van der Waals surface area contributed by atoms with Gasteiger partial charge in [0.25, 0.3) is 5.91 Å². The van der Waals surface area contributed by atoms with Crippen molar-refractivity contribution in [2.75, 3.05) is 39.3 Å². The summed E-state index contributed by atoms with van der Waals surface area (Å²) in [6, 6.07) is 7.95. The second-order valence-corrected chi connectivity index (χ2v) is 7.09. The summed E-state index contributed by atoms with van der Waals surface area (Å²) in [7, 11) is 0. The lowest BCUT2D eigenvalue weighted by molar-refractivity contribution is 0.0774. The third-order valence-electron chi connectivity index (χ3n) is 5.10. The highest BCUT2D eigenvalue weighted by Crippen LogP contribution is 2.26. The molecule has 0 saturated carbocycles. The van der Waals surface area contributed by atoms with E-state index in [4.69, 9.17) is 11.6 Å². The van der Waals surface area contributed by atoms with E-state index in [0.29, 0.717) is 16.6 Å². The smallest absolute Gasteiger partial charge is 0.257 e. The van der Waals surface area contributed by atoms with Crippen molar-refractivity contribution in [2.45, 2.75) is 12.5 Å². The van der Waals surface area contributed by atoms with Crippen molar-refractivity contribution in [1.82, 2.24) is 25.3 Å². The fourth-order valence-electron chi connectivity index (χ4n) is 3.75. The maximum atomic E-state index is 13.0. The number of H-pyrrole nitrogens is 1. The summed E-state index contributed by atoms with van der Waals surface area (Å²) in [5.41, 5.74) is 2.23. The molecule has 2 N–H and O–H groups in total. The Morgan fingerprint density at radius 1 is 1.24 bits per heavy atom. The van der Waals surface area contributed by atoms with Gasteiger partial charge in [0, 0.05) is 55.9 Å². The first-order valence-corrected chi connectivity index (χ1v) is 9.13. The Hall–Kier alpha value is -1.89. The third kappa shape index (κ3) is 3.42. The lowest BCUT2D eigenvalue weighted by atomic mass is 10.1. The van der Waals surface area contributed by atoms with Crippen LogP contribution in [0.2, 0.25) is 5.02 Å². The van der Waals surface area contributed by atoms with E-state index in [9.17, 15) is 4.79 Å². The van der Waals surface area contributed by atoms with E-state index in [1.165, 1.54) is 0 Å². The number of likely N-dealkylation sites (tertiary alicyclic amines) is 1. The quantitative estimate of drug-likeness (QED) is 0.878. The zero-order valence-electron chi connectivity index (χ0n) is 14.0. The van der Waals surface area contributed by atoms with Crippen LogP contribution in [-0.2, 0) is 0 Å². The number of piperazine rings is 1. The first-order valence-electron chi connectivity index (χ1n) is 8.76. The van der Waals surface area contributed by atoms with Crippen molar-refractivity contribution in [3.63, 3.8) is 0 Å². The highest BCUT2D eigenvalue weighted by atomic mass is 35.5. The number of amides is 1. The molecule has 2 saturated heterocycles. The molecule has 0 radical (unpaired) electrons. The average molecular weight is 360 g/mol. The molecule has 1 amide bonds. The predicted molar refractivity (Wildman–Crippen MR) is 97.8 cm³/mol. The molecular formula is C18H22ClN5O. The van der Waals surface area contributed by atoms with E-state index in [2.05, 4.69) is 20.4 Å². The summed E-state index contributed by atoms with van der Waals surface area (Å²) in [5.74, 6) is 0.0429. The van der Waals surface area contributed by atoms with Crippen LogP contribution in [0.5, 0.6) is 0 Å². The highest BCUT2D eigenvalue weighted by Gasteiger charge is 2.32. The van der Waals surface area contributed by atoms with Crippen LogP contribution in [0.4, 0.5) is 0 Å². The van der Waals surface area contributed by atoms with Gasteiger partial charge in [0.05, 0.1) is 17.5 Å². The van der Waals surface area contributed by atoms with Crippen molar-refractivity contribution in [1.29, 1.82) is 0 Å². The second-order valence-electron chi connectivity index (χ2n) is 6.65. The predicted octanol–water partition coefficient (Wildman–Crippen LogP) is 1.85. The Labute approximate surface area is 152 Å². The van der Waals surface area contributed by atoms with Crippen molar-refractivity contribution in [2.24, 2.45) is 0 Å². The number of rotatable bonds is 3. The number of hydrogen-bond acceptors (Lipinski definition) is 4. The standard InChI is InChI=1S/C18H22ClN5O/c19-14-3-1-2-13(10-14)17-16(11-21-22-17)18(25)24-7-4-15(12-24)23-8-5-20-6-9-23/h1-3,10-11,15,20H,4-9,12H2,(H,21,22). The largest absolute Gasteiger partial charge is 0.337 e. The number of nitrogens with one attached hydrogen (secondary N) is 2. The van der Waals surface area contributed by atoms with Gasteiger partial charge in [0.1, 0.15) is 0 Å². The molecule has 1 atom stereocenters. The van der Waals surface area contributed by atoms with Gasteiger partial charge in [-0.1, -0.05) is 23.7 Å². The molecule has 132 valence electrons. The maximum Gasteiger partial charge on any atom is 0.257 e. The summed E-state index contributed by atoms with van der Waals surface area (Å²) in [6.45, 7) is 5.78. The Morgan fingerprint density at radius 3 is 2.88 bits per heavy atom. The minimum atomic E-state index is 0.0429. The van der Waals surface area contributed by atoms with Crippen LogP contribution in [0.15, 0.2) is 30.5 Å². The molecular weight excluding hydrogens is 338 g/mol. The lowest BCUT2D eigenvalue weighted by Crippen LogP contribution is -2.49. The number of halogens is 1. The molecule has 7 heteroatoms. The molecule has 2 aliphatic rings. The molecule has 0 spiro atoms. The van der Waals surface area contributed by atoms with Gasteiger partial charge in [-0.05, 0) is 18.6 Å². The van der Waals surface area contributed by atoms with E-state index in [0.717, 1.165) is 56.9 Å². The van der Waals surface area contributed by atoms with Crippen molar-refractivity contribution in [3.05, 3.63) is 41.0 Å². The van der Waals surface area contributed by atoms with Gasteiger partial charge in [0.2, 0.25) is 0 Å². The van der Waals surface area contributed by atoms with Gasteiger partial charge in [0.15, 0.2) is 0 Å². The minimum Gasteiger partial charge on any atom is -0.337 e. The zero-order chi connectivity index (χ0) is 17.2. The van der Waals surface area contributed by atoms with Gasteiger partial charge in [-0.2, -0.15) is 5.10 Å². The van der Waals surface area contributed by atoms with Crippen LogP contribution >= 0.6 is 11.6 Å². The molecule has 2 aromatic rings. The van der Waals surface area contributed by atoms with Crippen LogP contribution < -0.4 is 5.32 Å². The summed E-state index contributed by atoms with van der Waals surface area (Å²) >= 11 is 6.09. The Bertz CT molecular complexity index is 755. The van der Waals surface area contributed by atoms with Crippen molar-refractivity contribution in [3.8, 4) is 11.3 Å². The zero-order valence-corrected chi connectivity index (χ0v) is 14.8. The Morgan fingerprint density at radius 2 is 2.08 bits per heavy atom. The van der Waals surface area contributed by atoms with Crippen LogP contribution in [0.3, 0.4) is 0 Å². The molecule has 3 heterocycles. The molecule has 2 fully saturated rings. The van der Waals surface area contributed by atoms with E-state index in [1.54, 1.807) is 6.20 Å². The number of hydrogen-bond donors (Lipinski definition) is 2. The Kier molecular flexibility index (Phi) is 4.74. The number of aromatic nitrogens is 2. The third-order valence-corrected chi connectivity index (χ3v) is 5.34. The molecule has 2 aliphatic heterocycles. The summed E-state index contributed by atoms with van der Waals surface area (Å²) in [4.78, 5) is 17.5. The van der Waals surface area contributed by atoms with Crippen molar-refractivity contribution < 1.29 is 4.79 Å². The van der Waals surface area contributed by atoms with Gasteiger partial charge in [-0.15, -0.1) is 0 Å². The van der Waals surface area contributed by atoms with E-state index in [-0.39, 0.29) is 5.91 Å². The van der Waals surface area contributed by atoms with Gasteiger partial charge < -0.3 is 10.2 Å². The van der Waals surface area contributed by atoms with Crippen LogP contribution in [0.1, 0.15) is 16.8 Å². The van der Waals surface area contributed by atoms with E-state index < -0.39 is 0 Å². The molecule has 1 unspecified atom stereocenters. The number of aromatic amines is 1. The normalized spacial score (nSPS) is 21.6. The molecule has 0 aliphatic carbocycles. The summed E-state index contributed by atoms with van der Waals surface area (Å²) < 4.78 is 0. The number of carbonyl (C=O) groups excluding carboxylic acids is 1. The van der Waals surface area contributed by atoms with Gasteiger partial charge in [-0.3, -0.25) is 14.8 Å². The van der Waals surface area contributed by atoms with Crippen LogP contribution in [0, 0.1) is 0 Å². The number of benzene rings is 1. The van der Waals surface area contributed by atoms with E-state index in [1.807, 2.05) is 29.2 Å². The summed E-state index contributed by atoms with van der Waals surface area (Å²) in [6.07, 6.45) is 2.66. The maximum absolute atomic E-state index is 13.0. The molecule has 6 nitrogen and oxygen atoms in total. The van der Waals surface area contributed by atoms with Crippen LogP contribution in [0.25, 0.3) is 11.3 Å². The van der Waals surface area contributed by atoms with Crippen molar-refractivity contribution >= 4 is 17.5 Å². The lowest BCUT2D eigenvalue weighted by Gasteiger charge is -2.32. The number of carbonyl (C=O) groups is 1. The van der Waals surface area contributed by atoms with E-state index >= 15 is 0 Å². The molecule has 0 bridgehead atoms. The minimum absolute atomic E-state index is 0.0429. The molecule has 1 aromatic heterocycles. The topological polar surface area (TPSA) is 64.3 Å². The fourth-order valence-corrected chi connectivity index (χ4v) is 3.94. The highest BCUT2D eigenvalue weighted by molar-refractivity contribution is 6.30. The summed E-state index contributed by atoms with van der Waals surface area (Å²) in [5, 5.41) is 11.1. The second kappa shape index (κ2) is 7.15. The fraction of sp³-hybridized carbons (Fsp3) is 0.444. The monoisotopic (exact) mass is 359 g/mol. The number of nitrogens with zero attached hydrogens (tertiary/aromatic N) is 3. The SMILES string of the molecule is O=C(c1cn[nH]c1-c1cccc(Cl)c1)N1CCC(N2CCNCC2)C1. The molecule has 1 aromatic carbocycles. The first-order chi connectivity index (χ1) is 12.2. The molecule has 4 rings (SSSR count). The van der Waals surface area contributed by atoms with Gasteiger partial charge in [-0.25, -0.2) is 0 Å². The molecule has 25 heavy (non-hydrogen) atoms. The first kappa shape index (κ1) is 16.6. The Balaban J connectivity index is 1.50. The average Bonchev–Trinajstić information content (AvgIpc) is 3.32. The van der Waals surface area contributed by atoms with Gasteiger partial charge >= 0.3 is 0 Å². The van der Waals surface area contributed by atoms with Crippen LogP contribution in [-0.4, -0.2) is 71.2 Å².